The Labute approximate surface area is 135 Å². The maximum atomic E-state index is 11.9. The Hall–Kier alpha value is -1.86. The summed E-state index contributed by atoms with van der Waals surface area (Å²) in [5.74, 6) is 0.518. The lowest BCUT2D eigenvalue weighted by Gasteiger charge is -2.30. The van der Waals surface area contributed by atoms with Gasteiger partial charge in [-0.3, -0.25) is 14.9 Å². The van der Waals surface area contributed by atoms with Gasteiger partial charge in [0.1, 0.15) is 5.75 Å². The maximum Gasteiger partial charge on any atom is 0.273 e. The van der Waals surface area contributed by atoms with Gasteiger partial charge in [0.25, 0.3) is 11.6 Å². The first-order valence-corrected chi connectivity index (χ1v) is 6.93. The number of nitrogens with zero attached hydrogens (tertiary/aromatic N) is 1. The van der Waals surface area contributed by atoms with Crippen molar-refractivity contribution in [1.29, 1.82) is 0 Å². The first-order chi connectivity index (χ1) is 10.1. The number of halogens is 1. The van der Waals surface area contributed by atoms with Crippen molar-refractivity contribution < 1.29 is 14.5 Å². The summed E-state index contributed by atoms with van der Waals surface area (Å²) in [5, 5.41) is 16.8. The van der Waals surface area contributed by atoms with Crippen molar-refractivity contribution in [3.05, 3.63) is 34.4 Å². The van der Waals surface area contributed by atoms with Crippen molar-refractivity contribution in [2.75, 3.05) is 19.7 Å². The van der Waals surface area contributed by atoms with Crippen molar-refractivity contribution in [1.82, 2.24) is 10.6 Å². The first kappa shape index (κ1) is 18.2. The topological polar surface area (TPSA) is 93.5 Å². The molecule has 0 bridgehead atoms. The van der Waals surface area contributed by atoms with Gasteiger partial charge in [0, 0.05) is 18.7 Å². The number of non-ortho nitro benzene ring substituents is 1. The van der Waals surface area contributed by atoms with E-state index in [1.165, 1.54) is 18.2 Å². The Bertz CT molecular complexity index is 527. The molecule has 2 rings (SSSR count). The van der Waals surface area contributed by atoms with Gasteiger partial charge < -0.3 is 15.4 Å². The molecule has 0 spiro atoms. The molecule has 2 unspecified atom stereocenters. The highest BCUT2D eigenvalue weighted by molar-refractivity contribution is 5.85. The second kappa shape index (κ2) is 8.55. The summed E-state index contributed by atoms with van der Waals surface area (Å²) >= 11 is 0. The average Bonchev–Trinajstić information content (AvgIpc) is 2.48. The van der Waals surface area contributed by atoms with Crippen LogP contribution in [0.4, 0.5) is 5.69 Å². The second-order valence-corrected chi connectivity index (χ2v) is 5.19. The van der Waals surface area contributed by atoms with E-state index in [9.17, 15) is 14.9 Å². The summed E-state index contributed by atoms with van der Waals surface area (Å²) in [5.41, 5.74) is -0.0574. The highest BCUT2D eigenvalue weighted by Crippen LogP contribution is 2.19. The van der Waals surface area contributed by atoms with Crippen LogP contribution in [0.15, 0.2) is 24.3 Å². The third kappa shape index (κ3) is 5.16. The standard InChI is InChI=1S/C14H19N3O4.ClH/c1-10-5-6-15-8-13(10)16-14(18)9-21-12-4-2-3-11(7-12)17(19)20;/h2-4,7,10,13,15H,5-6,8-9H2,1H3,(H,16,18);1H. The minimum Gasteiger partial charge on any atom is -0.484 e. The fraction of sp³-hybridized carbons (Fsp3) is 0.500. The summed E-state index contributed by atoms with van der Waals surface area (Å²) in [6.07, 6.45) is 1.02. The molecular formula is C14H20ClN3O4. The number of carbonyl (C=O) groups excluding carboxylic acids is 1. The predicted octanol–water partition coefficient (Wildman–Crippen LogP) is 1.51. The molecule has 1 aliphatic heterocycles. The van der Waals surface area contributed by atoms with Crippen molar-refractivity contribution in [3.63, 3.8) is 0 Å². The minimum absolute atomic E-state index is 0. The minimum atomic E-state index is -0.498. The number of hydrogen-bond donors (Lipinski definition) is 2. The summed E-state index contributed by atoms with van der Waals surface area (Å²) in [4.78, 5) is 22.0. The summed E-state index contributed by atoms with van der Waals surface area (Å²) in [6.45, 7) is 3.68. The van der Waals surface area contributed by atoms with E-state index >= 15 is 0 Å². The first-order valence-electron chi connectivity index (χ1n) is 6.93. The highest BCUT2D eigenvalue weighted by Gasteiger charge is 2.22. The van der Waals surface area contributed by atoms with E-state index in [0.29, 0.717) is 11.7 Å². The van der Waals surface area contributed by atoms with Crippen LogP contribution in [-0.2, 0) is 4.79 Å². The molecule has 0 aromatic heterocycles. The van der Waals surface area contributed by atoms with Gasteiger partial charge in [-0.15, -0.1) is 12.4 Å². The van der Waals surface area contributed by atoms with Crippen LogP contribution in [0, 0.1) is 16.0 Å². The molecular weight excluding hydrogens is 310 g/mol. The van der Waals surface area contributed by atoms with Gasteiger partial charge in [0.15, 0.2) is 6.61 Å². The number of rotatable bonds is 5. The lowest BCUT2D eigenvalue weighted by molar-refractivity contribution is -0.384. The van der Waals surface area contributed by atoms with E-state index in [4.69, 9.17) is 4.74 Å². The monoisotopic (exact) mass is 329 g/mol. The normalized spacial score (nSPS) is 20.6. The van der Waals surface area contributed by atoms with Gasteiger partial charge in [-0.1, -0.05) is 13.0 Å². The van der Waals surface area contributed by atoms with Crippen LogP contribution >= 0.6 is 12.4 Å². The molecule has 1 amide bonds. The van der Waals surface area contributed by atoms with E-state index in [1.807, 2.05) is 0 Å². The van der Waals surface area contributed by atoms with Crippen LogP contribution in [0.5, 0.6) is 5.75 Å². The number of nitro benzene ring substituents is 1. The fourth-order valence-electron chi connectivity index (χ4n) is 2.27. The van der Waals surface area contributed by atoms with Gasteiger partial charge >= 0.3 is 0 Å². The van der Waals surface area contributed by atoms with Gasteiger partial charge in [0.05, 0.1) is 11.0 Å². The van der Waals surface area contributed by atoms with Gasteiger partial charge in [-0.25, -0.2) is 0 Å². The number of nitro groups is 1. The number of ether oxygens (including phenoxy) is 1. The van der Waals surface area contributed by atoms with E-state index in [1.54, 1.807) is 6.07 Å². The molecule has 1 aromatic carbocycles. The van der Waals surface area contributed by atoms with Crippen molar-refractivity contribution in [2.45, 2.75) is 19.4 Å². The van der Waals surface area contributed by atoms with Crippen molar-refractivity contribution >= 4 is 24.0 Å². The Kier molecular flexibility index (Phi) is 7.07. The van der Waals surface area contributed by atoms with Gasteiger partial charge in [-0.2, -0.15) is 0 Å². The smallest absolute Gasteiger partial charge is 0.273 e. The largest absolute Gasteiger partial charge is 0.484 e. The Morgan fingerprint density at radius 1 is 1.55 bits per heavy atom. The van der Waals surface area contributed by atoms with Gasteiger partial charge in [-0.05, 0) is 24.9 Å². The number of piperidine rings is 1. The zero-order chi connectivity index (χ0) is 15.2. The van der Waals surface area contributed by atoms with Crippen molar-refractivity contribution in [2.24, 2.45) is 5.92 Å². The van der Waals surface area contributed by atoms with Crippen molar-refractivity contribution in [3.8, 4) is 5.75 Å². The van der Waals surface area contributed by atoms with Crippen LogP contribution in [0.25, 0.3) is 0 Å². The van der Waals surface area contributed by atoms with Crippen LogP contribution in [0.2, 0.25) is 0 Å². The molecule has 1 heterocycles. The SMILES string of the molecule is CC1CCNCC1NC(=O)COc1cccc([N+](=O)[O-])c1.Cl. The van der Waals surface area contributed by atoms with E-state index in [2.05, 4.69) is 17.6 Å². The third-order valence-electron chi connectivity index (χ3n) is 3.57. The number of benzene rings is 1. The molecule has 0 radical (unpaired) electrons. The molecule has 122 valence electrons. The molecule has 7 nitrogen and oxygen atoms in total. The van der Waals surface area contributed by atoms with E-state index in [-0.39, 0.29) is 36.7 Å². The Morgan fingerprint density at radius 3 is 3.00 bits per heavy atom. The number of carbonyl (C=O) groups is 1. The number of nitrogens with one attached hydrogen (secondary N) is 2. The lowest BCUT2D eigenvalue weighted by atomic mass is 9.95. The molecule has 8 heteroatoms. The quantitative estimate of drug-likeness (QED) is 0.631. The molecule has 1 aliphatic rings. The van der Waals surface area contributed by atoms with Crippen LogP contribution in [0.3, 0.4) is 0 Å². The predicted molar refractivity (Wildman–Crippen MR) is 84.4 cm³/mol. The molecule has 2 N–H and O–H groups in total. The fourth-order valence-corrected chi connectivity index (χ4v) is 2.27. The van der Waals surface area contributed by atoms with Crippen LogP contribution in [-0.4, -0.2) is 36.6 Å². The van der Waals surface area contributed by atoms with E-state index in [0.717, 1.165) is 19.5 Å². The van der Waals surface area contributed by atoms with Crippen LogP contribution < -0.4 is 15.4 Å². The van der Waals surface area contributed by atoms with Crippen LogP contribution in [0.1, 0.15) is 13.3 Å². The third-order valence-corrected chi connectivity index (χ3v) is 3.57. The lowest BCUT2D eigenvalue weighted by Crippen LogP contribution is -2.51. The summed E-state index contributed by atoms with van der Waals surface area (Å²) < 4.78 is 5.30. The Balaban J connectivity index is 0.00000242. The molecule has 0 saturated carbocycles. The number of amides is 1. The molecule has 22 heavy (non-hydrogen) atoms. The molecule has 2 atom stereocenters. The zero-order valence-electron chi connectivity index (χ0n) is 12.3. The van der Waals surface area contributed by atoms with E-state index < -0.39 is 4.92 Å². The second-order valence-electron chi connectivity index (χ2n) is 5.19. The molecule has 0 aliphatic carbocycles. The molecule has 1 aromatic rings. The maximum absolute atomic E-state index is 11.9. The molecule has 1 saturated heterocycles. The molecule has 1 fully saturated rings. The highest BCUT2D eigenvalue weighted by atomic mass is 35.5. The van der Waals surface area contributed by atoms with Gasteiger partial charge in [0.2, 0.25) is 0 Å². The number of hydrogen-bond acceptors (Lipinski definition) is 5. The Morgan fingerprint density at radius 2 is 2.32 bits per heavy atom. The average molecular weight is 330 g/mol. The zero-order valence-corrected chi connectivity index (χ0v) is 13.1. The summed E-state index contributed by atoms with van der Waals surface area (Å²) in [6, 6.07) is 5.89. The summed E-state index contributed by atoms with van der Waals surface area (Å²) in [7, 11) is 0.